The van der Waals surface area contributed by atoms with Crippen molar-refractivity contribution in [2.24, 2.45) is 0 Å². The molecule has 0 heterocycles. The lowest BCUT2D eigenvalue weighted by molar-refractivity contribution is -0.167. The predicted molar refractivity (Wildman–Crippen MR) is 316 cm³/mol. The Bertz CT molecular complexity index is 1440. The van der Waals surface area contributed by atoms with Crippen LogP contribution in [0.5, 0.6) is 0 Å². The van der Waals surface area contributed by atoms with Crippen LogP contribution in [0, 0.1) is 0 Å². The SMILES string of the molecule is CC/C=C\C/C=C\C/C=C\C/C=C\CCCCCCCCCCCCCCCCC(=O)OCC(COC(=O)CCCCCCC/C=C\C/C=C\CCCC)OC(=O)CCCCCCC/C=C\C/C=C\CCCC. The standard InChI is InChI=1S/C67H114O6/c1-4-7-10-13-16-19-22-25-28-29-30-31-32-33-34-35-36-37-38-39-40-43-45-48-51-54-57-60-66(69)72-63-64(73-67(70)61-58-55-52-49-46-42-27-24-21-18-15-12-9-6-3)62-71-65(68)59-56-53-50-47-44-41-26-23-20-17-14-11-8-5-2/h7,10,14-19,23-28,30-31,64H,4-6,8-9,11-13,20-22,29,32-63H2,1-3H3/b10-7-,17-14-,18-15-,19-16-,26-23-,27-24-,28-25-,31-30-. The quantitative estimate of drug-likeness (QED) is 0.0261. The molecule has 73 heavy (non-hydrogen) atoms. The van der Waals surface area contributed by atoms with Gasteiger partial charge >= 0.3 is 17.9 Å². The molecule has 0 aromatic carbocycles. The van der Waals surface area contributed by atoms with E-state index in [2.05, 4.69) is 118 Å². The number of allylic oxidation sites excluding steroid dienone is 16. The van der Waals surface area contributed by atoms with E-state index in [1.54, 1.807) is 0 Å². The third kappa shape index (κ3) is 59.1. The van der Waals surface area contributed by atoms with E-state index in [0.717, 1.165) is 135 Å². The van der Waals surface area contributed by atoms with Crippen molar-refractivity contribution >= 4 is 17.9 Å². The normalized spacial score (nSPS) is 12.8. The molecule has 0 spiro atoms. The number of esters is 3. The average molecular weight is 1020 g/mol. The smallest absolute Gasteiger partial charge is 0.306 e. The average Bonchev–Trinajstić information content (AvgIpc) is 3.39. The van der Waals surface area contributed by atoms with Crippen LogP contribution >= 0.6 is 0 Å². The number of carbonyl (C=O) groups is 3. The van der Waals surface area contributed by atoms with Gasteiger partial charge in [-0.15, -0.1) is 0 Å². The van der Waals surface area contributed by atoms with Gasteiger partial charge < -0.3 is 14.2 Å². The van der Waals surface area contributed by atoms with Crippen LogP contribution in [-0.4, -0.2) is 37.2 Å². The van der Waals surface area contributed by atoms with Gasteiger partial charge in [-0.2, -0.15) is 0 Å². The number of ether oxygens (including phenoxy) is 3. The Balaban J connectivity index is 4.27. The Morgan fingerprint density at radius 3 is 0.836 bits per heavy atom. The van der Waals surface area contributed by atoms with E-state index in [-0.39, 0.29) is 31.1 Å². The van der Waals surface area contributed by atoms with Gasteiger partial charge in [-0.05, 0) is 109 Å². The molecule has 0 aromatic rings. The van der Waals surface area contributed by atoms with Gasteiger partial charge in [-0.1, -0.05) is 259 Å². The van der Waals surface area contributed by atoms with Gasteiger partial charge in [0.15, 0.2) is 6.10 Å². The first-order chi connectivity index (χ1) is 36.0. The molecule has 6 heteroatoms. The Kier molecular flexibility index (Phi) is 57.8. The van der Waals surface area contributed by atoms with Crippen molar-refractivity contribution in [1.82, 2.24) is 0 Å². The zero-order valence-corrected chi connectivity index (χ0v) is 47.9. The fourth-order valence-corrected chi connectivity index (χ4v) is 8.41. The Morgan fingerprint density at radius 2 is 0.534 bits per heavy atom. The summed E-state index contributed by atoms with van der Waals surface area (Å²) in [6, 6.07) is 0. The Labute approximate surface area is 451 Å². The second-order valence-corrected chi connectivity index (χ2v) is 20.2. The van der Waals surface area contributed by atoms with E-state index in [1.807, 2.05) is 0 Å². The second-order valence-electron chi connectivity index (χ2n) is 20.2. The fraction of sp³-hybridized carbons (Fsp3) is 0.716. The highest BCUT2D eigenvalue weighted by Gasteiger charge is 2.19. The fourth-order valence-electron chi connectivity index (χ4n) is 8.41. The maximum atomic E-state index is 12.9. The van der Waals surface area contributed by atoms with E-state index >= 15 is 0 Å². The van der Waals surface area contributed by atoms with Crippen LogP contribution < -0.4 is 0 Å². The predicted octanol–water partition coefficient (Wildman–Crippen LogP) is 20.9. The number of hydrogen-bond acceptors (Lipinski definition) is 6. The molecular formula is C67H114O6. The third-order valence-corrected chi connectivity index (χ3v) is 13.0. The molecule has 1 unspecified atom stereocenters. The minimum absolute atomic E-state index is 0.0871. The van der Waals surface area contributed by atoms with Crippen LogP contribution in [0.15, 0.2) is 97.2 Å². The minimum atomic E-state index is -0.791. The maximum absolute atomic E-state index is 12.9. The van der Waals surface area contributed by atoms with Gasteiger partial charge in [0.05, 0.1) is 0 Å². The highest BCUT2D eigenvalue weighted by molar-refractivity contribution is 5.71. The van der Waals surface area contributed by atoms with Gasteiger partial charge in [-0.25, -0.2) is 0 Å². The molecule has 0 radical (unpaired) electrons. The first-order valence-electron chi connectivity index (χ1n) is 30.7. The van der Waals surface area contributed by atoms with E-state index in [9.17, 15) is 14.4 Å². The highest BCUT2D eigenvalue weighted by atomic mass is 16.6. The van der Waals surface area contributed by atoms with E-state index in [0.29, 0.717) is 19.3 Å². The van der Waals surface area contributed by atoms with Crippen LogP contribution in [0.2, 0.25) is 0 Å². The maximum Gasteiger partial charge on any atom is 0.306 e. The molecule has 0 saturated carbocycles. The lowest BCUT2D eigenvalue weighted by atomic mass is 10.0. The summed E-state index contributed by atoms with van der Waals surface area (Å²) >= 11 is 0. The molecule has 0 bridgehead atoms. The van der Waals surface area contributed by atoms with Crippen molar-refractivity contribution in [3.63, 3.8) is 0 Å². The molecule has 0 rings (SSSR count). The first-order valence-corrected chi connectivity index (χ1v) is 30.7. The molecule has 0 amide bonds. The van der Waals surface area contributed by atoms with Crippen LogP contribution in [-0.2, 0) is 28.6 Å². The molecule has 0 aromatic heterocycles. The van der Waals surface area contributed by atoms with Crippen molar-refractivity contribution in [2.45, 2.75) is 297 Å². The Hall–Kier alpha value is -3.67. The van der Waals surface area contributed by atoms with Crippen molar-refractivity contribution in [3.8, 4) is 0 Å². The molecule has 6 nitrogen and oxygen atoms in total. The molecule has 0 N–H and O–H groups in total. The zero-order chi connectivity index (χ0) is 52.9. The van der Waals surface area contributed by atoms with Crippen molar-refractivity contribution in [2.75, 3.05) is 13.2 Å². The molecule has 0 saturated heterocycles. The van der Waals surface area contributed by atoms with Gasteiger partial charge in [0.1, 0.15) is 13.2 Å². The van der Waals surface area contributed by atoms with E-state index in [4.69, 9.17) is 14.2 Å². The summed E-state index contributed by atoms with van der Waals surface area (Å²) in [6.45, 7) is 6.44. The Morgan fingerprint density at radius 1 is 0.288 bits per heavy atom. The van der Waals surface area contributed by atoms with Crippen molar-refractivity contribution in [3.05, 3.63) is 97.2 Å². The summed E-state index contributed by atoms with van der Waals surface area (Å²) in [5.74, 6) is -0.910. The zero-order valence-electron chi connectivity index (χ0n) is 47.9. The van der Waals surface area contributed by atoms with E-state index < -0.39 is 6.10 Å². The summed E-state index contributed by atoms with van der Waals surface area (Å²) < 4.78 is 16.9. The van der Waals surface area contributed by atoms with Crippen LogP contribution in [0.4, 0.5) is 0 Å². The van der Waals surface area contributed by atoms with E-state index in [1.165, 1.54) is 116 Å². The number of hydrogen-bond donors (Lipinski definition) is 0. The molecular weight excluding hydrogens is 901 g/mol. The van der Waals surface area contributed by atoms with Crippen LogP contribution in [0.1, 0.15) is 290 Å². The first kappa shape index (κ1) is 69.3. The number of rotatable bonds is 55. The minimum Gasteiger partial charge on any atom is -0.462 e. The molecule has 418 valence electrons. The summed E-state index contributed by atoms with van der Waals surface area (Å²) in [7, 11) is 0. The third-order valence-electron chi connectivity index (χ3n) is 13.0. The number of unbranched alkanes of at least 4 members (excludes halogenated alkanes) is 28. The van der Waals surface area contributed by atoms with Crippen molar-refractivity contribution < 1.29 is 28.6 Å². The van der Waals surface area contributed by atoms with Crippen molar-refractivity contribution in [1.29, 1.82) is 0 Å². The lowest BCUT2D eigenvalue weighted by Crippen LogP contribution is -2.30. The second kappa shape index (κ2) is 60.9. The van der Waals surface area contributed by atoms with Gasteiger partial charge in [0, 0.05) is 19.3 Å². The van der Waals surface area contributed by atoms with Gasteiger partial charge in [-0.3, -0.25) is 14.4 Å². The molecule has 1 atom stereocenters. The molecule has 0 fully saturated rings. The summed E-state index contributed by atoms with van der Waals surface area (Å²) in [6.07, 6.45) is 81.2. The molecule has 0 aliphatic heterocycles. The highest BCUT2D eigenvalue weighted by Crippen LogP contribution is 2.16. The monoisotopic (exact) mass is 1010 g/mol. The van der Waals surface area contributed by atoms with Gasteiger partial charge in [0.25, 0.3) is 0 Å². The van der Waals surface area contributed by atoms with Crippen LogP contribution in [0.25, 0.3) is 0 Å². The summed E-state index contributed by atoms with van der Waals surface area (Å²) in [5.41, 5.74) is 0. The summed E-state index contributed by atoms with van der Waals surface area (Å²) in [4.78, 5) is 38.2. The lowest BCUT2D eigenvalue weighted by Gasteiger charge is -2.18. The number of carbonyl (C=O) groups excluding carboxylic acids is 3. The van der Waals surface area contributed by atoms with Gasteiger partial charge in [0.2, 0.25) is 0 Å². The molecule has 0 aliphatic carbocycles. The van der Waals surface area contributed by atoms with Crippen LogP contribution in [0.3, 0.4) is 0 Å². The topological polar surface area (TPSA) is 78.9 Å². The largest absolute Gasteiger partial charge is 0.462 e. The molecule has 0 aliphatic rings. The summed E-state index contributed by atoms with van der Waals surface area (Å²) in [5, 5.41) is 0.